The minimum Gasteiger partial charge on any atom is -0.497 e. The molecule has 4 N–H and O–H groups in total. The highest BCUT2D eigenvalue weighted by Gasteiger charge is 1.88. The number of hydrogen-bond acceptors (Lipinski definition) is 5. The Morgan fingerprint density at radius 1 is 0.923 bits per heavy atom. The van der Waals surface area contributed by atoms with Crippen molar-refractivity contribution in [2.45, 2.75) is 0 Å². The van der Waals surface area contributed by atoms with Crippen molar-refractivity contribution in [1.82, 2.24) is 0 Å². The average Bonchev–Trinajstić information content (AvgIpc) is 2.16. The topological polar surface area (TPSA) is 79.7 Å². The third-order valence-corrected chi connectivity index (χ3v) is 1.15. The molecule has 0 saturated carbocycles. The standard InChI is InChI=1S/C8H18N2O3/c9-1-3-11-5-7-13-8-6-12-4-2-10/h1,3H,2,4-10H2. The van der Waals surface area contributed by atoms with E-state index in [2.05, 4.69) is 0 Å². The predicted octanol–water partition coefficient (Wildman–Crippen LogP) is -0.575. The molecule has 0 fully saturated rings. The summed E-state index contributed by atoms with van der Waals surface area (Å²) >= 11 is 0. The maximum Gasteiger partial charge on any atom is 0.111 e. The van der Waals surface area contributed by atoms with Crippen LogP contribution in [0.2, 0.25) is 0 Å². The van der Waals surface area contributed by atoms with Gasteiger partial charge < -0.3 is 25.7 Å². The Morgan fingerprint density at radius 2 is 1.54 bits per heavy atom. The molecule has 0 unspecified atom stereocenters. The van der Waals surface area contributed by atoms with Crippen LogP contribution in [-0.2, 0) is 14.2 Å². The molecule has 0 saturated heterocycles. The summed E-state index contributed by atoms with van der Waals surface area (Å²) in [4.78, 5) is 0. The summed E-state index contributed by atoms with van der Waals surface area (Å²) in [6.45, 7) is 3.31. The first-order chi connectivity index (χ1) is 6.41. The minimum absolute atomic E-state index is 0.505. The van der Waals surface area contributed by atoms with Gasteiger partial charge in [-0.15, -0.1) is 0 Å². The molecule has 0 bridgehead atoms. The van der Waals surface area contributed by atoms with Crippen molar-refractivity contribution in [3.8, 4) is 0 Å². The summed E-state index contributed by atoms with van der Waals surface area (Å²) in [6.07, 6.45) is 2.76. The largest absolute Gasteiger partial charge is 0.497 e. The molecule has 0 heterocycles. The second kappa shape index (κ2) is 11.2. The fraction of sp³-hybridized carbons (Fsp3) is 0.750. The summed E-state index contributed by atoms with van der Waals surface area (Å²) in [7, 11) is 0. The van der Waals surface area contributed by atoms with E-state index in [4.69, 9.17) is 25.7 Å². The molecule has 78 valence electrons. The highest BCUT2D eigenvalue weighted by Crippen LogP contribution is 1.80. The second-order valence-electron chi connectivity index (χ2n) is 2.21. The van der Waals surface area contributed by atoms with Gasteiger partial charge >= 0.3 is 0 Å². The monoisotopic (exact) mass is 190 g/mol. The number of hydrogen-bond donors (Lipinski definition) is 2. The van der Waals surface area contributed by atoms with E-state index in [1.54, 1.807) is 0 Å². The van der Waals surface area contributed by atoms with E-state index in [1.807, 2.05) is 0 Å². The van der Waals surface area contributed by atoms with E-state index in [0.717, 1.165) is 0 Å². The molecule has 0 rings (SSSR count). The lowest BCUT2D eigenvalue weighted by Gasteiger charge is -2.04. The fourth-order valence-electron chi connectivity index (χ4n) is 0.636. The van der Waals surface area contributed by atoms with Crippen molar-refractivity contribution in [3.63, 3.8) is 0 Å². The Bertz CT molecular complexity index is 120. The van der Waals surface area contributed by atoms with E-state index < -0.39 is 0 Å². The Balaban J connectivity index is 2.83. The summed E-state index contributed by atoms with van der Waals surface area (Å²) in [6, 6.07) is 0. The summed E-state index contributed by atoms with van der Waals surface area (Å²) in [5.74, 6) is 0. The lowest BCUT2D eigenvalue weighted by atomic mass is 10.7. The molecule has 0 aliphatic carbocycles. The Labute approximate surface area is 78.6 Å². The smallest absolute Gasteiger partial charge is 0.111 e. The molecule has 0 aliphatic heterocycles. The van der Waals surface area contributed by atoms with Crippen LogP contribution in [0.3, 0.4) is 0 Å². The molecule has 0 amide bonds. The van der Waals surface area contributed by atoms with Crippen LogP contribution < -0.4 is 11.5 Å². The van der Waals surface area contributed by atoms with Crippen LogP contribution in [0.15, 0.2) is 12.5 Å². The van der Waals surface area contributed by atoms with Gasteiger partial charge in [0, 0.05) is 12.7 Å². The molecule has 0 spiro atoms. The molecule has 0 radical (unpaired) electrons. The molecule has 0 aromatic carbocycles. The molecular formula is C8H18N2O3. The van der Waals surface area contributed by atoms with Gasteiger partial charge in [-0.3, -0.25) is 0 Å². The first-order valence-electron chi connectivity index (χ1n) is 4.25. The van der Waals surface area contributed by atoms with Crippen molar-refractivity contribution in [2.75, 3.05) is 39.6 Å². The van der Waals surface area contributed by atoms with Gasteiger partial charge in [0.15, 0.2) is 0 Å². The second-order valence-corrected chi connectivity index (χ2v) is 2.21. The summed E-state index contributed by atoms with van der Waals surface area (Å²) in [5, 5.41) is 0. The van der Waals surface area contributed by atoms with Gasteiger partial charge in [-0.25, -0.2) is 0 Å². The van der Waals surface area contributed by atoms with E-state index >= 15 is 0 Å². The van der Waals surface area contributed by atoms with E-state index in [9.17, 15) is 0 Å². The molecular weight excluding hydrogens is 172 g/mol. The van der Waals surface area contributed by atoms with Crippen LogP contribution in [0.5, 0.6) is 0 Å². The van der Waals surface area contributed by atoms with Gasteiger partial charge in [0.05, 0.1) is 32.7 Å². The number of rotatable bonds is 9. The van der Waals surface area contributed by atoms with Crippen LogP contribution in [0.25, 0.3) is 0 Å². The van der Waals surface area contributed by atoms with Crippen LogP contribution in [0, 0.1) is 0 Å². The fourth-order valence-corrected chi connectivity index (χ4v) is 0.636. The Hall–Kier alpha value is -0.780. The first kappa shape index (κ1) is 12.2. The van der Waals surface area contributed by atoms with Gasteiger partial charge in [0.25, 0.3) is 0 Å². The SMILES string of the molecule is NC=COCCOCCOCCN. The van der Waals surface area contributed by atoms with Gasteiger partial charge in [-0.2, -0.15) is 0 Å². The molecule has 0 atom stereocenters. The highest BCUT2D eigenvalue weighted by molar-refractivity contribution is 4.62. The molecule has 0 aromatic heterocycles. The quantitative estimate of drug-likeness (QED) is 0.376. The van der Waals surface area contributed by atoms with E-state index in [0.29, 0.717) is 39.6 Å². The van der Waals surface area contributed by atoms with Crippen molar-refractivity contribution in [1.29, 1.82) is 0 Å². The average molecular weight is 190 g/mol. The Morgan fingerprint density at radius 3 is 2.15 bits per heavy atom. The normalized spacial score (nSPS) is 10.8. The molecule has 0 aromatic rings. The molecule has 5 heteroatoms. The van der Waals surface area contributed by atoms with Crippen LogP contribution in [-0.4, -0.2) is 39.6 Å². The summed E-state index contributed by atoms with van der Waals surface area (Å²) < 4.78 is 15.2. The zero-order valence-corrected chi connectivity index (χ0v) is 7.78. The van der Waals surface area contributed by atoms with Crippen molar-refractivity contribution in [3.05, 3.63) is 12.5 Å². The number of nitrogens with two attached hydrogens (primary N) is 2. The summed E-state index contributed by atoms with van der Waals surface area (Å²) in [5.41, 5.74) is 10.3. The zero-order chi connectivity index (χ0) is 9.78. The molecule has 5 nitrogen and oxygen atoms in total. The highest BCUT2D eigenvalue weighted by atomic mass is 16.5. The Kier molecular flexibility index (Phi) is 10.5. The predicted molar refractivity (Wildman–Crippen MR) is 50.0 cm³/mol. The van der Waals surface area contributed by atoms with Gasteiger partial charge in [-0.1, -0.05) is 0 Å². The maximum atomic E-state index is 5.22. The first-order valence-corrected chi connectivity index (χ1v) is 4.25. The van der Waals surface area contributed by atoms with Crippen molar-refractivity contribution < 1.29 is 14.2 Å². The molecule has 0 aliphatic rings. The van der Waals surface area contributed by atoms with E-state index in [-0.39, 0.29) is 0 Å². The lowest BCUT2D eigenvalue weighted by molar-refractivity contribution is 0.0327. The minimum atomic E-state index is 0.505. The van der Waals surface area contributed by atoms with Gasteiger partial charge in [0.1, 0.15) is 6.61 Å². The third-order valence-electron chi connectivity index (χ3n) is 1.15. The van der Waals surface area contributed by atoms with Crippen LogP contribution in [0.4, 0.5) is 0 Å². The third kappa shape index (κ3) is 11.2. The van der Waals surface area contributed by atoms with Gasteiger partial charge in [0.2, 0.25) is 0 Å². The molecule has 13 heavy (non-hydrogen) atoms. The number of ether oxygens (including phenoxy) is 3. The van der Waals surface area contributed by atoms with Crippen LogP contribution in [0.1, 0.15) is 0 Å². The zero-order valence-electron chi connectivity index (χ0n) is 7.78. The van der Waals surface area contributed by atoms with Crippen molar-refractivity contribution >= 4 is 0 Å². The van der Waals surface area contributed by atoms with Gasteiger partial charge in [-0.05, 0) is 0 Å². The van der Waals surface area contributed by atoms with Crippen LogP contribution >= 0.6 is 0 Å². The van der Waals surface area contributed by atoms with Crippen molar-refractivity contribution in [2.24, 2.45) is 11.5 Å². The lowest BCUT2D eigenvalue weighted by Crippen LogP contribution is -2.13. The maximum absolute atomic E-state index is 5.22. The van der Waals surface area contributed by atoms with E-state index in [1.165, 1.54) is 12.5 Å².